The second kappa shape index (κ2) is 5.31. The molecule has 6 heteroatoms. The Kier molecular flexibility index (Phi) is 4.34. The first-order chi connectivity index (χ1) is 6.70. The smallest absolute Gasteiger partial charge is 0.244 e. The van der Waals surface area contributed by atoms with Gasteiger partial charge in [0.25, 0.3) is 0 Å². The molecule has 0 aromatic heterocycles. The molecule has 1 N–H and O–H groups in total. The number of carbonyl (C=O) groups is 2. The monoisotopic (exact) mass is 264 g/mol. The summed E-state index contributed by atoms with van der Waals surface area (Å²) in [5.41, 5.74) is 0. The molecule has 0 saturated carbocycles. The number of amides is 2. The molecule has 14 heavy (non-hydrogen) atoms. The van der Waals surface area contributed by atoms with E-state index in [9.17, 15) is 9.59 Å². The van der Waals surface area contributed by atoms with Crippen molar-refractivity contribution in [3.63, 3.8) is 0 Å². The summed E-state index contributed by atoms with van der Waals surface area (Å²) >= 11 is 3.09. The average Bonchev–Trinajstić information content (AvgIpc) is 2.27. The standard InChI is InChI=1S/C8H13BrN2O3/c1-10-8(13)6-5-14-3-2-11(6)7(12)4-9/h6H,2-5H2,1H3,(H,10,13). The summed E-state index contributed by atoms with van der Waals surface area (Å²) in [4.78, 5) is 24.4. The van der Waals surface area contributed by atoms with E-state index in [-0.39, 0.29) is 23.8 Å². The molecule has 0 radical (unpaired) electrons. The van der Waals surface area contributed by atoms with E-state index in [1.807, 2.05) is 0 Å². The van der Waals surface area contributed by atoms with Gasteiger partial charge in [0, 0.05) is 13.6 Å². The molecule has 1 fully saturated rings. The third kappa shape index (κ3) is 2.45. The summed E-state index contributed by atoms with van der Waals surface area (Å²) in [5.74, 6) is -0.263. The fraction of sp³-hybridized carbons (Fsp3) is 0.750. The van der Waals surface area contributed by atoms with Crippen molar-refractivity contribution in [2.75, 3.05) is 32.1 Å². The van der Waals surface area contributed by atoms with Crippen LogP contribution < -0.4 is 5.32 Å². The van der Waals surface area contributed by atoms with Crippen LogP contribution in [0.25, 0.3) is 0 Å². The van der Waals surface area contributed by atoms with E-state index in [0.717, 1.165) is 0 Å². The molecule has 1 rings (SSSR count). The quantitative estimate of drug-likeness (QED) is 0.675. The van der Waals surface area contributed by atoms with Crippen molar-refractivity contribution in [1.82, 2.24) is 10.2 Å². The molecule has 1 saturated heterocycles. The Morgan fingerprint density at radius 2 is 2.36 bits per heavy atom. The van der Waals surface area contributed by atoms with Crippen molar-refractivity contribution in [1.29, 1.82) is 0 Å². The minimum absolute atomic E-state index is 0.0816. The molecule has 1 aliphatic rings. The number of morpholine rings is 1. The zero-order chi connectivity index (χ0) is 10.6. The Balaban J connectivity index is 2.68. The van der Waals surface area contributed by atoms with Gasteiger partial charge in [-0.2, -0.15) is 0 Å². The SMILES string of the molecule is CNC(=O)C1COCCN1C(=O)CBr. The van der Waals surface area contributed by atoms with Crippen molar-refractivity contribution in [2.24, 2.45) is 0 Å². The third-order valence-corrected chi connectivity index (χ3v) is 2.59. The summed E-state index contributed by atoms with van der Waals surface area (Å²) in [7, 11) is 1.55. The Hall–Kier alpha value is -0.620. The number of carbonyl (C=O) groups excluding carboxylic acids is 2. The maximum absolute atomic E-state index is 11.4. The van der Waals surface area contributed by atoms with Crippen LogP contribution in [0.5, 0.6) is 0 Å². The van der Waals surface area contributed by atoms with Crippen LogP contribution in [0, 0.1) is 0 Å². The fourth-order valence-corrected chi connectivity index (χ4v) is 1.68. The summed E-state index contributed by atoms with van der Waals surface area (Å²) in [6.45, 7) is 1.24. The van der Waals surface area contributed by atoms with Crippen LogP contribution in [0.1, 0.15) is 0 Å². The van der Waals surface area contributed by atoms with E-state index in [4.69, 9.17) is 4.74 Å². The average molecular weight is 265 g/mol. The van der Waals surface area contributed by atoms with Crippen molar-refractivity contribution < 1.29 is 14.3 Å². The first-order valence-corrected chi connectivity index (χ1v) is 5.47. The highest BCUT2D eigenvalue weighted by Gasteiger charge is 2.31. The van der Waals surface area contributed by atoms with E-state index in [2.05, 4.69) is 21.2 Å². The lowest BCUT2D eigenvalue weighted by molar-refractivity contribution is -0.146. The molecule has 0 aliphatic carbocycles. The van der Waals surface area contributed by atoms with Gasteiger partial charge in [-0.1, -0.05) is 15.9 Å². The first kappa shape index (κ1) is 11.5. The lowest BCUT2D eigenvalue weighted by atomic mass is 10.2. The molecule has 1 aliphatic heterocycles. The maximum Gasteiger partial charge on any atom is 0.244 e. The van der Waals surface area contributed by atoms with Gasteiger partial charge < -0.3 is 15.0 Å². The summed E-state index contributed by atoms with van der Waals surface area (Å²) in [6.07, 6.45) is 0. The number of hydrogen-bond acceptors (Lipinski definition) is 3. The highest BCUT2D eigenvalue weighted by molar-refractivity contribution is 9.09. The van der Waals surface area contributed by atoms with E-state index in [1.54, 1.807) is 7.05 Å². The van der Waals surface area contributed by atoms with Crippen molar-refractivity contribution in [2.45, 2.75) is 6.04 Å². The van der Waals surface area contributed by atoms with Gasteiger partial charge >= 0.3 is 0 Å². The third-order valence-electron chi connectivity index (χ3n) is 2.11. The molecule has 0 spiro atoms. The normalized spacial score (nSPS) is 21.9. The van der Waals surface area contributed by atoms with Crippen molar-refractivity contribution in [3.05, 3.63) is 0 Å². The van der Waals surface area contributed by atoms with Crippen LogP contribution in [-0.4, -0.2) is 54.9 Å². The second-order valence-corrected chi connectivity index (χ2v) is 3.49. The van der Waals surface area contributed by atoms with Gasteiger partial charge in [0.15, 0.2) is 0 Å². The van der Waals surface area contributed by atoms with E-state index in [1.165, 1.54) is 4.90 Å². The zero-order valence-corrected chi connectivity index (χ0v) is 9.54. The topological polar surface area (TPSA) is 58.6 Å². The lowest BCUT2D eigenvalue weighted by Crippen LogP contribution is -2.55. The van der Waals surface area contributed by atoms with Gasteiger partial charge in [-0.3, -0.25) is 9.59 Å². The number of hydrogen-bond donors (Lipinski definition) is 1. The minimum Gasteiger partial charge on any atom is -0.377 e. The molecule has 1 atom stereocenters. The molecule has 2 amide bonds. The molecule has 0 aromatic rings. The number of alkyl halides is 1. The predicted molar refractivity (Wildman–Crippen MR) is 54.2 cm³/mol. The summed E-state index contributed by atoms with van der Waals surface area (Å²) < 4.78 is 5.16. The van der Waals surface area contributed by atoms with Crippen LogP contribution >= 0.6 is 15.9 Å². The molecular formula is C8H13BrN2O3. The lowest BCUT2D eigenvalue weighted by Gasteiger charge is -2.33. The largest absolute Gasteiger partial charge is 0.377 e. The summed E-state index contributed by atoms with van der Waals surface area (Å²) in [5, 5.41) is 2.75. The minimum atomic E-state index is -0.487. The van der Waals surface area contributed by atoms with Crippen LogP contribution in [0.2, 0.25) is 0 Å². The molecule has 1 heterocycles. The number of halogens is 1. The maximum atomic E-state index is 11.4. The van der Waals surface area contributed by atoms with E-state index in [0.29, 0.717) is 13.2 Å². The number of nitrogens with zero attached hydrogens (tertiary/aromatic N) is 1. The first-order valence-electron chi connectivity index (χ1n) is 4.35. The molecule has 1 unspecified atom stereocenters. The fourth-order valence-electron chi connectivity index (χ4n) is 1.36. The summed E-state index contributed by atoms with van der Waals surface area (Å²) in [6, 6.07) is -0.487. The van der Waals surface area contributed by atoms with Gasteiger partial charge in [0.1, 0.15) is 6.04 Å². The molecule has 0 aromatic carbocycles. The number of rotatable bonds is 2. The number of likely N-dealkylation sites (N-methyl/N-ethyl adjacent to an activating group) is 1. The van der Waals surface area contributed by atoms with Crippen LogP contribution in [0.3, 0.4) is 0 Å². The molecule has 0 bridgehead atoms. The molecular weight excluding hydrogens is 252 g/mol. The number of ether oxygens (including phenoxy) is 1. The van der Waals surface area contributed by atoms with Crippen molar-refractivity contribution in [3.8, 4) is 0 Å². The van der Waals surface area contributed by atoms with Crippen LogP contribution in [-0.2, 0) is 14.3 Å². The van der Waals surface area contributed by atoms with E-state index >= 15 is 0 Å². The second-order valence-electron chi connectivity index (χ2n) is 2.93. The van der Waals surface area contributed by atoms with Gasteiger partial charge in [0.05, 0.1) is 18.5 Å². The van der Waals surface area contributed by atoms with E-state index < -0.39 is 6.04 Å². The number of nitrogens with one attached hydrogen (secondary N) is 1. The Morgan fingerprint density at radius 1 is 1.64 bits per heavy atom. The van der Waals surface area contributed by atoms with Gasteiger partial charge in [-0.05, 0) is 0 Å². The van der Waals surface area contributed by atoms with Crippen LogP contribution in [0.4, 0.5) is 0 Å². The van der Waals surface area contributed by atoms with Gasteiger partial charge in [-0.25, -0.2) is 0 Å². The Bertz CT molecular complexity index is 211. The highest BCUT2D eigenvalue weighted by Crippen LogP contribution is 2.08. The predicted octanol–water partition coefficient (Wildman–Crippen LogP) is -0.645. The van der Waals surface area contributed by atoms with Crippen molar-refractivity contribution >= 4 is 27.7 Å². The van der Waals surface area contributed by atoms with Gasteiger partial charge in [0.2, 0.25) is 11.8 Å². The molecule has 5 nitrogen and oxygen atoms in total. The molecule has 80 valence electrons. The zero-order valence-electron chi connectivity index (χ0n) is 7.96. The Labute approximate surface area is 90.9 Å². The van der Waals surface area contributed by atoms with Crippen LogP contribution in [0.15, 0.2) is 0 Å². The van der Waals surface area contributed by atoms with Gasteiger partial charge in [-0.15, -0.1) is 0 Å². The highest BCUT2D eigenvalue weighted by atomic mass is 79.9. The Morgan fingerprint density at radius 3 is 2.93 bits per heavy atom.